The largest absolute Gasteiger partial charge is 0.383 e. The lowest BCUT2D eigenvalue weighted by Crippen LogP contribution is -2.30. The third-order valence-corrected chi connectivity index (χ3v) is 4.06. The molecule has 0 unspecified atom stereocenters. The Kier molecular flexibility index (Phi) is 5.15. The zero-order valence-corrected chi connectivity index (χ0v) is 13.7. The van der Waals surface area contributed by atoms with E-state index in [-0.39, 0.29) is 6.04 Å². The van der Waals surface area contributed by atoms with Crippen LogP contribution in [-0.4, -0.2) is 41.3 Å². The molecule has 0 aromatic carbocycles. The molecule has 2 N–H and O–H groups in total. The highest BCUT2D eigenvalue weighted by Gasteiger charge is 2.20. The van der Waals surface area contributed by atoms with Gasteiger partial charge < -0.3 is 15.4 Å². The van der Waals surface area contributed by atoms with E-state index in [0.29, 0.717) is 6.61 Å². The molecular weight excluding hydrogens is 290 g/mol. The van der Waals surface area contributed by atoms with Gasteiger partial charge in [0.25, 0.3) is 0 Å². The van der Waals surface area contributed by atoms with Crippen LogP contribution >= 0.6 is 0 Å². The summed E-state index contributed by atoms with van der Waals surface area (Å²) in [6, 6.07) is 4.14. The highest BCUT2D eigenvalue weighted by molar-refractivity contribution is 5.59. The summed E-state index contributed by atoms with van der Waals surface area (Å²) in [5.41, 5.74) is 3.22. The van der Waals surface area contributed by atoms with Gasteiger partial charge in [0.15, 0.2) is 5.82 Å². The average molecular weight is 313 g/mol. The molecule has 1 aliphatic heterocycles. The summed E-state index contributed by atoms with van der Waals surface area (Å²) in [5.74, 6) is 1.65. The standard InChI is InChI=1S/C17H23N5O/c1-3-13(11-23-2)20-17-14-6-8-19-10-15(14)21-16(22-17)12-5-4-7-18-9-12/h4-5,7,9,13,19H,3,6,8,10-11H2,1-2H3,(H,20,21,22)/t13-/m1/s1. The van der Waals surface area contributed by atoms with E-state index >= 15 is 0 Å². The lowest BCUT2D eigenvalue weighted by atomic mass is 10.1. The number of nitrogens with zero attached hydrogens (tertiary/aromatic N) is 3. The van der Waals surface area contributed by atoms with Gasteiger partial charge in [0.2, 0.25) is 0 Å². The van der Waals surface area contributed by atoms with E-state index < -0.39 is 0 Å². The first-order chi connectivity index (χ1) is 11.3. The van der Waals surface area contributed by atoms with E-state index in [0.717, 1.165) is 48.8 Å². The number of anilines is 1. The van der Waals surface area contributed by atoms with Crippen LogP contribution in [-0.2, 0) is 17.7 Å². The summed E-state index contributed by atoms with van der Waals surface area (Å²) in [7, 11) is 1.73. The molecule has 0 fully saturated rings. The second-order valence-electron chi connectivity index (χ2n) is 5.69. The van der Waals surface area contributed by atoms with Crippen LogP contribution in [0, 0.1) is 0 Å². The number of hydrogen-bond acceptors (Lipinski definition) is 6. The lowest BCUT2D eigenvalue weighted by molar-refractivity contribution is 0.184. The Balaban J connectivity index is 1.99. The van der Waals surface area contributed by atoms with Gasteiger partial charge in [0, 0.05) is 37.2 Å². The second-order valence-corrected chi connectivity index (χ2v) is 5.69. The Morgan fingerprint density at radius 1 is 1.39 bits per heavy atom. The summed E-state index contributed by atoms with van der Waals surface area (Å²) in [5, 5.41) is 6.92. The van der Waals surface area contributed by atoms with Crippen molar-refractivity contribution >= 4 is 5.82 Å². The molecule has 23 heavy (non-hydrogen) atoms. The quantitative estimate of drug-likeness (QED) is 0.850. The molecule has 122 valence electrons. The van der Waals surface area contributed by atoms with E-state index in [9.17, 15) is 0 Å². The maximum atomic E-state index is 5.30. The third kappa shape index (κ3) is 3.65. The third-order valence-electron chi connectivity index (χ3n) is 4.06. The van der Waals surface area contributed by atoms with Crippen molar-refractivity contribution in [2.24, 2.45) is 0 Å². The molecule has 6 nitrogen and oxygen atoms in total. The van der Waals surface area contributed by atoms with E-state index in [1.165, 1.54) is 5.56 Å². The zero-order valence-electron chi connectivity index (χ0n) is 13.7. The summed E-state index contributed by atoms with van der Waals surface area (Å²) in [6.07, 6.45) is 5.48. The summed E-state index contributed by atoms with van der Waals surface area (Å²) >= 11 is 0. The Labute approximate surface area is 136 Å². The van der Waals surface area contributed by atoms with Crippen LogP contribution in [0.4, 0.5) is 5.82 Å². The molecule has 0 aliphatic carbocycles. The summed E-state index contributed by atoms with van der Waals surface area (Å²) in [4.78, 5) is 13.7. The van der Waals surface area contributed by atoms with Gasteiger partial charge in [0.1, 0.15) is 5.82 Å². The van der Waals surface area contributed by atoms with Gasteiger partial charge >= 0.3 is 0 Å². The van der Waals surface area contributed by atoms with Gasteiger partial charge in [-0.2, -0.15) is 0 Å². The molecule has 0 spiro atoms. The molecular formula is C17H23N5O. The molecule has 2 aromatic heterocycles. The number of ether oxygens (including phenoxy) is 1. The molecule has 1 aliphatic rings. The van der Waals surface area contributed by atoms with Gasteiger partial charge in [0.05, 0.1) is 18.3 Å². The number of pyridine rings is 1. The number of rotatable bonds is 6. The minimum atomic E-state index is 0.246. The van der Waals surface area contributed by atoms with Crippen molar-refractivity contribution in [3.63, 3.8) is 0 Å². The minimum absolute atomic E-state index is 0.246. The van der Waals surface area contributed by atoms with Gasteiger partial charge in [-0.3, -0.25) is 4.98 Å². The van der Waals surface area contributed by atoms with Gasteiger partial charge in [-0.25, -0.2) is 9.97 Å². The number of fused-ring (bicyclic) bond motifs is 1. The lowest BCUT2D eigenvalue weighted by Gasteiger charge is -2.24. The van der Waals surface area contributed by atoms with Crippen molar-refractivity contribution in [1.29, 1.82) is 0 Å². The van der Waals surface area contributed by atoms with Gasteiger partial charge in [-0.05, 0) is 31.5 Å². The topological polar surface area (TPSA) is 72.0 Å². The second kappa shape index (κ2) is 7.48. The zero-order chi connectivity index (χ0) is 16.1. The number of methoxy groups -OCH3 is 1. The van der Waals surface area contributed by atoms with Crippen molar-refractivity contribution in [2.45, 2.75) is 32.4 Å². The van der Waals surface area contributed by atoms with E-state index in [4.69, 9.17) is 14.7 Å². The molecule has 3 heterocycles. The van der Waals surface area contributed by atoms with Gasteiger partial charge in [-0.15, -0.1) is 0 Å². The molecule has 0 bridgehead atoms. The van der Waals surface area contributed by atoms with E-state index in [1.54, 1.807) is 19.5 Å². The summed E-state index contributed by atoms with van der Waals surface area (Å²) in [6.45, 7) is 4.54. The van der Waals surface area contributed by atoms with Crippen LogP contribution in [0.25, 0.3) is 11.4 Å². The molecule has 6 heteroatoms. The molecule has 2 aromatic rings. The Bertz CT molecular complexity index is 647. The van der Waals surface area contributed by atoms with Crippen LogP contribution < -0.4 is 10.6 Å². The first-order valence-electron chi connectivity index (χ1n) is 8.08. The predicted molar refractivity (Wildman–Crippen MR) is 90.3 cm³/mol. The number of aromatic nitrogens is 3. The van der Waals surface area contributed by atoms with Crippen LogP contribution in [0.5, 0.6) is 0 Å². The van der Waals surface area contributed by atoms with Gasteiger partial charge in [-0.1, -0.05) is 6.92 Å². The SMILES string of the molecule is CC[C@H](COC)Nc1nc(-c2cccnc2)nc2c1CCNC2. The molecule has 0 radical (unpaired) electrons. The van der Waals surface area contributed by atoms with E-state index in [2.05, 4.69) is 22.5 Å². The van der Waals surface area contributed by atoms with Crippen molar-refractivity contribution in [1.82, 2.24) is 20.3 Å². The first-order valence-corrected chi connectivity index (χ1v) is 8.08. The average Bonchev–Trinajstić information content (AvgIpc) is 2.62. The van der Waals surface area contributed by atoms with Crippen molar-refractivity contribution in [3.05, 3.63) is 35.8 Å². The maximum Gasteiger partial charge on any atom is 0.163 e. The monoisotopic (exact) mass is 313 g/mol. The molecule has 3 rings (SSSR count). The Morgan fingerprint density at radius 3 is 3.04 bits per heavy atom. The van der Waals surface area contributed by atoms with Crippen molar-refractivity contribution in [3.8, 4) is 11.4 Å². The molecule has 0 saturated heterocycles. The normalized spacial score (nSPS) is 15.0. The first kappa shape index (κ1) is 15.8. The Hall–Kier alpha value is -2.05. The van der Waals surface area contributed by atoms with Crippen molar-refractivity contribution < 1.29 is 4.74 Å². The molecule has 0 saturated carbocycles. The minimum Gasteiger partial charge on any atom is -0.383 e. The van der Waals surface area contributed by atoms with Crippen molar-refractivity contribution in [2.75, 3.05) is 25.6 Å². The fraction of sp³-hybridized carbons (Fsp3) is 0.471. The smallest absolute Gasteiger partial charge is 0.163 e. The molecule has 0 amide bonds. The summed E-state index contributed by atoms with van der Waals surface area (Å²) < 4.78 is 5.30. The van der Waals surface area contributed by atoms with Crippen LogP contribution in [0.1, 0.15) is 24.6 Å². The number of hydrogen-bond donors (Lipinski definition) is 2. The van der Waals surface area contributed by atoms with Crippen LogP contribution in [0.15, 0.2) is 24.5 Å². The predicted octanol–water partition coefficient (Wildman–Crippen LogP) is 2.02. The maximum absolute atomic E-state index is 5.30. The Morgan fingerprint density at radius 2 is 2.30 bits per heavy atom. The number of nitrogens with one attached hydrogen (secondary N) is 2. The highest BCUT2D eigenvalue weighted by Crippen LogP contribution is 2.25. The van der Waals surface area contributed by atoms with Crippen LogP contribution in [0.3, 0.4) is 0 Å². The van der Waals surface area contributed by atoms with E-state index in [1.807, 2.05) is 12.1 Å². The van der Waals surface area contributed by atoms with Crippen LogP contribution in [0.2, 0.25) is 0 Å². The highest BCUT2D eigenvalue weighted by atomic mass is 16.5. The fourth-order valence-electron chi connectivity index (χ4n) is 2.76. The fourth-order valence-corrected chi connectivity index (χ4v) is 2.76. The molecule has 1 atom stereocenters.